The quantitative estimate of drug-likeness (QED) is 0.739. The molecule has 150 valence electrons. The van der Waals surface area contributed by atoms with Gasteiger partial charge < -0.3 is 14.8 Å². The lowest BCUT2D eigenvalue weighted by Crippen LogP contribution is -2.26. The van der Waals surface area contributed by atoms with Crippen LogP contribution in [-0.2, 0) is 14.9 Å². The number of hydrogen-bond donors (Lipinski definition) is 1. The fourth-order valence-corrected chi connectivity index (χ4v) is 3.74. The molecule has 2 aromatic carbocycles. The van der Waals surface area contributed by atoms with E-state index in [-0.39, 0.29) is 15.5 Å². The van der Waals surface area contributed by atoms with E-state index in [2.05, 4.69) is 5.32 Å². The Labute approximate surface area is 168 Å². The summed E-state index contributed by atoms with van der Waals surface area (Å²) in [5.74, 6) is 0.472. The first-order valence-corrected chi connectivity index (χ1v) is 10.2. The lowest BCUT2D eigenvalue weighted by Gasteiger charge is -2.15. The highest BCUT2D eigenvalue weighted by atomic mass is 35.5. The van der Waals surface area contributed by atoms with Gasteiger partial charge in [0, 0.05) is 31.2 Å². The molecule has 0 unspecified atom stereocenters. The number of nitrogens with zero attached hydrogens (tertiary/aromatic N) is 1. The van der Waals surface area contributed by atoms with Crippen LogP contribution in [0.2, 0.25) is 5.02 Å². The van der Waals surface area contributed by atoms with Crippen molar-refractivity contribution in [2.45, 2.75) is 11.3 Å². The molecule has 0 atom stereocenters. The van der Waals surface area contributed by atoms with Crippen molar-refractivity contribution in [2.75, 3.05) is 32.7 Å². The second-order valence-electron chi connectivity index (χ2n) is 5.91. The number of halogens is 1. The summed E-state index contributed by atoms with van der Waals surface area (Å²) in [6, 6.07) is 8.77. The maximum absolute atomic E-state index is 12.6. The van der Waals surface area contributed by atoms with Crippen LogP contribution in [0.15, 0.2) is 41.3 Å². The van der Waals surface area contributed by atoms with Crippen LogP contribution in [-0.4, -0.2) is 46.2 Å². The van der Waals surface area contributed by atoms with Crippen LogP contribution in [0, 0.1) is 0 Å². The van der Waals surface area contributed by atoms with E-state index in [4.69, 9.17) is 25.9 Å². The Hall–Kier alpha value is -2.33. The highest BCUT2D eigenvalue weighted by Gasteiger charge is 2.22. The van der Waals surface area contributed by atoms with Gasteiger partial charge >= 0.3 is 0 Å². The number of amides is 1. The molecule has 1 N–H and O–H groups in total. The van der Waals surface area contributed by atoms with Crippen LogP contribution >= 0.6 is 11.6 Å². The summed E-state index contributed by atoms with van der Waals surface area (Å²) in [7, 11) is -1.37. The fourth-order valence-electron chi connectivity index (χ4n) is 2.52. The van der Waals surface area contributed by atoms with Crippen LogP contribution in [0.1, 0.15) is 16.8 Å². The molecule has 1 aliphatic heterocycles. The summed E-state index contributed by atoms with van der Waals surface area (Å²) in [6.07, 6.45) is 0.741. The molecule has 0 saturated carbocycles. The van der Waals surface area contributed by atoms with Gasteiger partial charge in [0.1, 0.15) is 0 Å². The molecule has 1 amide bonds. The van der Waals surface area contributed by atoms with E-state index in [0.29, 0.717) is 34.9 Å². The number of anilines is 1. The summed E-state index contributed by atoms with van der Waals surface area (Å²) in [4.78, 5) is 17.3. The number of rotatable bonds is 5. The highest BCUT2D eigenvalue weighted by molar-refractivity contribution is 7.89. The van der Waals surface area contributed by atoms with Crippen LogP contribution < -0.4 is 14.8 Å². The minimum atomic E-state index is -3.87. The molecule has 0 bridgehead atoms. The lowest BCUT2D eigenvalue weighted by atomic mass is 10.2. The first-order valence-electron chi connectivity index (χ1n) is 8.36. The number of hydroxylamine groups is 1. The van der Waals surface area contributed by atoms with E-state index in [1.807, 2.05) is 0 Å². The maximum Gasteiger partial charge on any atom is 0.264 e. The van der Waals surface area contributed by atoms with Crippen molar-refractivity contribution in [3.63, 3.8) is 0 Å². The minimum Gasteiger partial charge on any atom is -0.490 e. The normalized spacial score (nSPS) is 13.9. The zero-order valence-corrected chi connectivity index (χ0v) is 16.8. The van der Waals surface area contributed by atoms with Gasteiger partial charge in [-0.15, -0.1) is 0 Å². The van der Waals surface area contributed by atoms with Gasteiger partial charge in [0.05, 0.1) is 35.9 Å². The number of hydrogen-bond acceptors (Lipinski definition) is 6. The van der Waals surface area contributed by atoms with Gasteiger partial charge in [-0.3, -0.25) is 9.63 Å². The van der Waals surface area contributed by atoms with Crippen LogP contribution in [0.4, 0.5) is 5.69 Å². The topological polar surface area (TPSA) is 94.2 Å². The van der Waals surface area contributed by atoms with E-state index in [0.717, 1.165) is 6.42 Å². The third kappa shape index (κ3) is 4.22. The van der Waals surface area contributed by atoms with Crippen molar-refractivity contribution in [1.29, 1.82) is 0 Å². The first-order chi connectivity index (χ1) is 13.3. The molecule has 28 heavy (non-hydrogen) atoms. The Balaban J connectivity index is 1.86. The van der Waals surface area contributed by atoms with Crippen molar-refractivity contribution in [3.8, 4) is 11.5 Å². The summed E-state index contributed by atoms with van der Waals surface area (Å²) in [6.45, 7) is 1.02. The SMILES string of the molecule is CON(C)S(=O)(=O)c1cccc(C(=O)Nc2cc3c(cc2Cl)OCCCO3)c1. The van der Waals surface area contributed by atoms with E-state index >= 15 is 0 Å². The molecule has 0 radical (unpaired) electrons. The third-order valence-electron chi connectivity index (χ3n) is 4.08. The molecule has 10 heteroatoms. The Bertz CT molecular complexity index is 996. The first kappa shape index (κ1) is 20.4. The molecule has 0 aliphatic carbocycles. The number of fused-ring (bicyclic) bond motifs is 1. The molecule has 1 aliphatic rings. The van der Waals surface area contributed by atoms with Gasteiger partial charge in [0.25, 0.3) is 15.9 Å². The van der Waals surface area contributed by atoms with Gasteiger partial charge in [0.15, 0.2) is 11.5 Å². The van der Waals surface area contributed by atoms with E-state index < -0.39 is 15.9 Å². The van der Waals surface area contributed by atoms with Gasteiger partial charge in [-0.05, 0) is 18.2 Å². The molecule has 8 nitrogen and oxygen atoms in total. The zero-order chi connectivity index (χ0) is 20.3. The summed E-state index contributed by atoms with van der Waals surface area (Å²) < 4.78 is 36.6. The molecule has 0 aromatic heterocycles. The van der Waals surface area contributed by atoms with Crippen molar-refractivity contribution >= 4 is 33.2 Å². The maximum atomic E-state index is 12.6. The number of ether oxygens (including phenoxy) is 2. The monoisotopic (exact) mass is 426 g/mol. The van der Waals surface area contributed by atoms with Gasteiger partial charge in [0.2, 0.25) is 0 Å². The fraction of sp³-hybridized carbons (Fsp3) is 0.278. The number of sulfonamides is 1. The molecule has 0 fully saturated rings. The Morgan fingerprint density at radius 2 is 1.86 bits per heavy atom. The van der Waals surface area contributed by atoms with Crippen LogP contribution in [0.5, 0.6) is 11.5 Å². The van der Waals surface area contributed by atoms with Crippen molar-refractivity contribution in [2.24, 2.45) is 0 Å². The van der Waals surface area contributed by atoms with Crippen LogP contribution in [0.3, 0.4) is 0 Å². The molecule has 1 heterocycles. The second kappa shape index (κ2) is 8.36. The number of carbonyl (C=O) groups excluding carboxylic acids is 1. The van der Waals surface area contributed by atoms with Gasteiger partial charge in [-0.2, -0.15) is 0 Å². The average molecular weight is 427 g/mol. The minimum absolute atomic E-state index is 0.0748. The molecule has 3 rings (SSSR count). The predicted octanol–water partition coefficient (Wildman–Crippen LogP) is 2.94. The van der Waals surface area contributed by atoms with E-state index in [1.165, 1.54) is 38.4 Å². The molecule has 0 saturated heterocycles. The average Bonchev–Trinajstić information content (AvgIpc) is 2.92. The largest absolute Gasteiger partial charge is 0.490 e. The smallest absolute Gasteiger partial charge is 0.264 e. The molecule has 0 spiro atoms. The van der Waals surface area contributed by atoms with Crippen molar-refractivity contribution < 1.29 is 27.5 Å². The standard InChI is InChI=1S/C18H19ClN2O6S/c1-21(25-2)28(23,24)13-6-3-5-12(9-13)18(22)20-15-11-17-16(10-14(15)19)26-7-4-8-27-17/h3,5-6,9-11H,4,7-8H2,1-2H3,(H,20,22). The molecular weight excluding hydrogens is 408 g/mol. The number of carbonyl (C=O) groups is 1. The summed E-state index contributed by atoms with van der Waals surface area (Å²) in [5.41, 5.74) is 0.479. The predicted molar refractivity (Wildman–Crippen MR) is 103 cm³/mol. The summed E-state index contributed by atoms with van der Waals surface area (Å²) in [5, 5.41) is 2.95. The van der Waals surface area contributed by atoms with E-state index in [9.17, 15) is 13.2 Å². The highest BCUT2D eigenvalue weighted by Crippen LogP contribution is 2.37. The second-order valence-corrected chi connectivity index (χ2v) is 8.25. The number of benzene rings is 2. The Morgan fingerprint density at radius 1 is 1.18 bits per heavy atom. The lowest BCUT2D eigenvalue weighted by molar-refractivity contribution is -0.0258. The molecule has 2 aromatic rings. The van der Waals surface area contributed by atoms with Crippen molar-refractivity contribution in [3.05, 3.63) is 47.0 Å². The Kier molecular flexibility index (Phi) is 6.09. The van der Waals surface area contributed by atoms with Crippen LogP contribution in [0.25, 0.3) is 0 Å². The summed E-state index contributed by atoms with van der Waals surface area (Å²) >= 11 is 6.24. The van der Waals surface area contributed by atoms with Gasteiger partial charge in [-0.1, -0.05) is 22.1 Å². The molecular formula is C18H19ClN2O6S. The third-order valence-corrected chi connectivity index (χ3v) is 6.06. The zero-order valence-electron chi connectivity index (χ0n) is 15.3. The van der Waals surface area contributed by atoms with Gasteiger partial charge in [-0.25, -0.2) is 8.42 Å². The number of nitrogens with one attached hydrogen (secondary N) is 1. The Morgan fingerprint density at radius 3 is 2.54 bits per heavy atom. The van der Waals surface area contributed by atoms with Crippen molar-refractivity contribution in [1.82, 2.24) is 4.47 Å². The van der Waals surface area contributed by atoms with E-state index in [1.54, 1.807) is 12.1 Å².